The number of allylic oxidation sites excluding steroid dienone is 1. The largest absolute Gasteiger partial charge is 0.462 e. The van der Waals surface area contributed by atoms with Crippen molar-refractivity contribution in [2.24, 2.45) is 0 Å². The summed E-state index contributed by atoms with van der Waals surface area (Å²) in [5, 5.41) is 0. The zero-order valence-electron chi connectivity index (χ0n) is 13.8. The molecule has 114 valence electrons. The van der Waals surface area contributed by atoms with Crippen LogP contribution in [0.1, 0.15) is 33.8 Å². The molecule has 1 aromatic heterocycles. The van der Waals surface area contributed by atoms with Crippen molar-refractivity contribution in [3.8, 4) is 11.1 Å². The van der Waals surface area contributed by atoms with Crippen LogP contribution < -0.4 is 0 Å². The highest BCUT2D eigenvalue weighted by Crippen LogP contribution is 2.39. The van der Waals surface area contributed by atoms with E-state index in [9.17, 15) is 0 Å². The summed E-state index contributed by atoms with van der Waals surface area (Å²) >= 11 is 0. The molecule has 1 heteroatoms. The zero-order valence-corrected chi connectivity index (χ0v) is 13.8. The Balaban J connectivity index is 1.87. The molecule has 0 N–H and O–H groups in total. The van der Waals surface area contributed by atoms with Crippen molar-refractivity contribution in [1.29, 1.82) is 0 Å². The van der Waals surface area contributed by atoms with Crippen LogP contribution in [0.25, 0.3) is 22.8 Å². The van der Waals surface area contributed by atoms with Gasteiger partial charge < -0.3 is 4.42 Å². The van der Waals surface area contributed by atoms with Gasteiger partial charge in [0.2, 0.25) is 0 Å². The predicted octanol–water partition coefficient (Wildman–Crippen LogP) is 5.97. The highest BCUT2D eigenvalue weighted by Gasteiger charge is 2.20. The van der Waals surface area contributed by atoms with E-state index in [1.165, 1.54) is 39.0 Å². The highest BCUT2D eigenvalue weighted by atomic mass is 16.3. The number of furan rings is 1. The van der Waals surface area contributed by atoms with Crippen LogP contribution in [0, 0.1) is 20.8 Å². The smallest absolute Gasteiger partial charge is 0.130 e. The number of fused-ring (bicyclic) bond motifs is 1. The molecule has 1 heterocycles. The molecule has 4 rings (SSSR count). The van der Waals surface area contributed by atoms with E-state index in [1.54, 1.807) is 0 Å². The standard InChI is InChI=1S/C22H20O/c1-14-5-4-6-18(11-14)22-15(2)7-9-17-12-19(13-20(17)22)21-10-8-16(3)23-21/h4-11,13H,12H2,1-3H3. The van der Waals surface area contributed by atoms with Gasteiger partial charge >= 0.3 is 0 Å². The number of hydrogen-bond acceptors (Lipinski definition) is 1. The van der Waals surface area contributed by atoms with Crippen molar-refractivity contribution in [2.45, 2.75) is 27.2 Å². The molecule has 0 amide bonds. The van der Waals surface area contributed by atoms with E-state index in [2.05, 4.69) is 62.4 Å². The fourth-order valence-corrected chi connectivity index (χ4v) is 3.47. The Morgan fingerprint density at radius 3 is 2.52 bits per heavy atom. The topological polar surface area (TPSA) is 13.1 Å². The first-order valence-electron chi connectivity index (χ1n) is 8.09. The Bertz CT molecular complexity index is 925. The first-order chi connectivity index (χ1) is 11.1. The van der Waals surface area contributed by atoms with Crippen LogP contribution in [0.2, 0.25) is 0 Å². The van der Waals surface area contributed by atoms with Gasteiger partial charge in [-0.05, 0) is 72.4 Å². The van der Waals surface area contributed by atoms with E-state index in [1.807, 2.05) is 13.0 Å². The summed E-state index contributed by atoms with van der Waals surface area (Å²) in [7, 11) is 0. The fraction of sp³-hybridized carbons (Fsp3) is 0.182. The normalized spacial score (nSPS) is 13.1. The van der Waals surface area contributed by atoms with Gasteiger partial charge in [0.15, 0.2) is 0 Å². The Morgan fingerprint density at radius 1 is 0.913 bits per heavy atom. The molecule has 0 spiro atoms. The fourth-order valence-electron chi connectivity index (χ4n) is 3.47. The van der Waals surface area contributed by atoms with Crippen LogP contribution in [-0.4, -0.2) is 0 Å². The lowest BCUT2D eigenvalue weighted by Crippen LogP contribution is -1.91. The Morgan fingerprint density at radius 2 is 1.78 bits per heavy atom. The molecule has 0 radical (unpaired) electrons. The van der Waals surface area contributed by atoms with Gasteiger partial charge in [0.1, 0.15) is 11.5 Å². The molecule has 0 fully saturated rings. The number of aryl methyl sites for hydroxylation is 3. The second kappa shape index (κ2) is 5.27. The van der Waals surface area contributed by atoms with E-state index in [0.29, 0.717) is 0 Å². The second-order valence-corrected chi connectivity index (χ2v) is 6.46. The van der Waals surface area contributed by atoms with E-state index in [0.717, 1.165) is 17.9 Å². The minimum Gasteiger partial charge on any atom is -0.462 e. The van der Waals surface area contributed by atoms with Crippen molar-refractivity contribution in [3.05, 3.63) is 82.3 Å². The number of benzene rings is 2. The van der Waals surface area contributed by atoms with Crippen LogP contribution in [0.3, 0.4) is 0 Å². The summed E-state index contributed by atoms with van der Waals surface area (Å²) in [6, 6.07) is 17.4. The van der Waals surface area contributed by atoms with Gasteiger partial charge in [-0.2, -0.15) is 0 Å². The zero-order chi connectivity index (χ0) is 16.0. The van der Waals surface area contributed by atoms with Gasteiger partial charge in [0, 0.05) is 6.42 Å². The molecule has 2 aromatic carbocycles. The summed E-state index contributed by atoms with van der Waals surface area (Å²) < 4.78 is 5.83. The summed E-state index contributed by atoms with van der Waals surface area (Å²) in [5.74, 6) is 1.96. The van der Waals surface area contributed by atoms with E-state index in [4.69, 9.17) is 4.42 Å². The quantitative estimate of drug-likeness (QED) is 0.568. The minimum atomic E-state index is 0.946. The average molecular weight is 300 g/mol. The van der Waals surface area contributed by atoms with E-state index in [-0.39, 0.29) is 0 Å². The molecule has 1 nitrogen and oxygen atoms in total. The molecule has 0 bridgehead atoms. The van der Waals surface area contributed by atoms with Crippen LogP contribution in [0.4, 0.5) is 0 Å². The molecule has 23 heavy (non-hydrogen) atoms. The molecule has 0 saturated carbocycles. The first kappa shape index (κ1) is 14.1. The molecule has 0 atom stereocenters. The van der Waals surface area contributed by atoms with Crippen molar-refractivity contribution in [2.75, 3.05) is 0 Å². The summed E-state index contributed by atoms with van der Waals surface area (Å²) in [6.45, 7) is 6.34. The van der Waals surface area contributed by atoms with Gasteiger partial charge in [-0.25, -0.2) is 0 Å². The van der Waals surface area contributed by atoms with Gasteiger partial charge in [-0.1, -0.05) is 42.0 Å². The maximum absolute atomic E-state index is 5.83. The van der Waals surface area contributed by atoms with Crippen LogP contribution in [-0.2, 0) is 6.42 Å². The van der Waals surface area contributed by atoms with Crippen LogP contribution >= 0.6 is 0 Å². The van der Waals surface area contributed by atoms with Crippen molar-refractivity contribution >= 4 is 11.6 Å². The first-order valence-corrected chi connectivity index (χ1v) is 8.09. The average Bonchev–Trinajstić information content (AvgIpc) is 3.13. The van der Waals surface area contributed by atoms with E-state index >= 15 is 0 Å². The molecule has 1 aliphatic carbocycles. The van der Waals surface area contributed by atoms with Gasteiger partial charge in [-0.3, -0.25) is 0 Å². The third-order valence-corrected chi connectivity index (χ3v) is 4.61. The molecule has 0 aliphatic heterocycles. The molecule has 3 aromatic rings. The van der Waals surface area contributed by atoms with Gasteiger partial charge in [0.05, 0.1) is 0 Å². The number of hydrogen-bond donors (Lipinski definition) is 0. The van der Waals surface area contributed by atoms with Crippen molar-refractivity contribution in [3.63, 3.8) is 0 Å². The van der Waals surface area contributed by atoms with E-state index < -0.39 is 0 Å². The van der Waals surface area contributed by atoms with Gasteiger partial charge in [0.25, 0.3) is 0 Å². The second-order valence-electron chi connectivity index (χ2n) is 6.46. The Labute approximate surface area is 137 Å². The maximum atomic E-state index is 5.83. The molecule has 0 unspecified atom stereocenters. The molecular formula is C22H20O. The van der Waals surface area contributed by atoms with Crippen molar-refractivity contribution < 1.29 is 4.42 Å². The van der Waals surface area contributed by atoms with Crippen LogP contribution in [0.5, 0.6) is 0 Å². The lowest BCUT2D eigenvalue weighted by atomic mass is 9.92. The number of rotatable bonds is 2. The Hall–Kier alpha value is -2.54. The SMILES string of the molecule is Cc1cccc(-c2c(C)ccc3c2C=C(c2ccc(C)o2)C3)c1. The summed E-state index contributed by atoms with van der Waals surface area (Å²) in [5.41, 5.74) is 9.27. The van der Waals surface area contributed by atoms with Crippen LogP contribution in [0.15, 0.2) is 52.9 Å². The lowest BCUT2D eigenvalue weighted by molar-refractivity contribution is 0.521. The monoisotopic (exact) mass is 300 g/mol. The summed E-state index contributed by atoms with van der Waals surface area (Å²) in [6.07, 6.45) is 3.25. The predicted molar refractivity (Wildman–Crippen MR) is 96.4 cm³/mol. The summed E-state index contributed by atoms with van der Waals surface area (Å²) in [4.78, 5) is 0. The third-order valence-electron chi connectivity index (χ3n) is 4.61. The molecule has 1 aliphatic rings. The van der Waals surface area contributed by atoms with Gasteiger partial charge in [-0.15, -0.1) is 0 Å². The molecule has 0 saturated heterocycles. The lowest BCUT2D eigenvalue weighted by Gasteiger charge is -2.12. The minimum absolute atomic E-state index is 0.946. The Kier molecular flexibility index (Phi) is 3.23. The third kappa shape index (κ3) is 2.43. The maximum Gasteiger partial charge on any atom is 0.130 e. The molecular weight excluding hydrogens is 280 g/mol. The highest BCUT2D eigenvalue weighted by molar-refractivity contribution is 5.93. The van der Waals surface area contributed by atoms with Crippen molar-refractivity contribution in [1.82, 2.24) is 0 Å².